The smallest absolute Gasteiger partial charge is 0.272 e. The Morgan fingerprint density at radius 3 is 2.45 bits per heavy atom. The molecule has 0 spiro atoms. The molecule has 2 aliphatic heterocycles. The third kappa shape index (κ3) is 4.78. The Bertz CT molecular complexity index is 878. The SMILES string of the molecule is O=S(=O)(c1ccc(NC[C@H](c2ccccc2)[NH+]2CCCC2)[nH+]c1)N1CCOCC1. The normalized spacial score (nSPS) is 19.9. The number of rotatable bonds is 7. The number of aromatic nitrogens is 1. The number of ether oxygens (including phenoxy) is 1. The fourth-order valence-corrected chi connectivity index (χ4v) is 5.57. The van der Waals surface area contributed by atoms with Gasteiger partial charge >= 0.3 is 0 Å². The van der Waals surface area contributed by atoms with Crippen LogP contribution in [0.3, 0.4) is 0 Å². The zero-order chi connectivity index (χ0) is 20.1. The predicted molar refractivity (Wildman–Crippen MR) is 110 cm³/mol. The van der Waals surface area contributed by atoms with Crippen molar-refractivity contribution in [2.45, 2.75) is 23.8 Å². The van der Waals surface area contributed by atoms with Gasteiger partial charge in [0.05, 0.1) is 26.3 Å². The van der Waals surface area contributed by atoms with Crippen LogP contribution < -0.4 is 15.2 Å². The second-order valence-electron chi connectivity index (χ2n) is 7.66. The molecule has 7 nitrogen and oxygen atoms in total. The van der Waals surface area contributed by atoms with E-state index in [2.05, 4.69) is 40.6 Å². The Morgan fingerprint density at radius 2 is 1.79 bits per heavy atom. The van der Waals surface area contributed by atoms with E-state index < -0.39 is 10.0 Å². The fourth-order valence-electron chi connectivity index (χ4n) is 4.19. The van der Waals surface area contributed by atoms with Crippen molar-refractivity contribution in [3.63, 3.8) is 0 Å². The summed E-state index contributed by atoms with van der Waals surface area (Å²) in [7, 11) is -3.48. The van der Waals surface area contributed by atoms with Gasteiger partial charge < -0.3 is 9.64 Å². The molecule has 0 radical (unpaired) electrons. The lowest BCUT2D eigenvalue weighted by Crippen LogP contribution is -3.11. The number of sulfonamides is 1. The largest absolute Gasteiger partial charge is 0.379 e. The zero-order valence-electron chi connectivity index (χ0n) is 16.6. The van der Waals surface area contributed by atoms with Crippen LogP contribution in [-0.4, -0.2) is 58.7 Å². The van der Waals surface area contributed by atoms with E-state index in [9.17, 15) is 8.42 Å². The van der Waals surface area contributed by atoms with Crippen LogP contribution in [0.4, 0.5) is 5.82 Å². The third-order valence-electron chi connectivity index (χ3n) is 5.83. The van der Waals surface area contributed by atoms with E-state index in [0.29, 0.717) is 32.3 Å². The summed E-state index contributed by atoms with van der Waals surface area (Å²) in [5.74, 6) is 0.824. The number of nitrogens with zero attached hydrogens (tertiary/aromatic N) is 1. The van der Waals surface area contributed by atoms with Crippen LogP contribution in [0.15, 0.2) is 53.6 Å². The summed E-state index contributed by atoms with van der Waals surface area (Å²) in [5.41, 5.74) is 1.34. The van der Waals surface area contributed by atoms with Crippen molar-refractivity contribution in [3.8, 4) is 0 Å². The second-order valence-corrected chi connectivity index (χ2v) is 9.60. The summed E-state index contributed by atoms with van der Waals surface area (Å²) < 4.78 is 32.2. The van der Waals surface area contributed by atoms with Gasteiger partial charge in [-0.1, -0.05) is 30.3 Å². The first-order valence-corrected chi connectivity index (χ1v) is 11.8. The molecule has 0 amide bonds. The van der Waals surface area contributed by atoms with Crippen molar-refractivity contribution in [2.24, 2.45) is 0 Å². The second kappa shape index (κ2) is 9.21. The lowest BCUT2D eigenvalue weighted by Gasteiger charge is -2.25. The van der Waals surface area contributed by atoms with E-state index in [1.165, 1.54) is 35.8 Å². The van der Waals surface area contributed by atoms with Crippen molar-refractivity contribution in [1.82, 2.24) is 4.31 Å². The van der Waals surface area contributed by atoms with E-state index in [1.807, 2.05) is 6.07 Å². The van der Waals surface area contributed by atoms with Crippen LogP contribution in [0.2, 0.25) is 0 Å². The van der Waals surface area contributed by atoms with Gasteiger partial charge in [0.1, 0.15) is 17.6 Å². The van der Waals surface area contributed by atoms with E-state index >= 15 is 0 Å². The van der Waals surface area contributed by atoms with Gasteiger partial charge in [-0.2, -0.15) is 4.31 Å². The summed E-state index contributed by atoms with van der Waals surface area (Å²) in [6, 6.07) is 14.5. The Balaban J connectivity index is 1.43. The molecule has 2 aliphatic rings. The van der Waals surface area contributed by atoms with Gasteiger partial charge in [0, 0.05) is 37.6 Å². The Morgan fingerprint density at radius 1 is 1.07 bits per heavy atom. The quantitative estimate of drug-likeness (QED) is 0.681. The summed E-state index contributed by atoms with van der Waals surface area (Å²) in [5, 5.41) is 3.47. The van der Waals surface area contributed by atoms with Crippen molar-refractivity contribution in [2.75, 3.05) is 51.3 Å². The average Bonchev–Trinajstić information content (AvgIpc) is 3.30. The maximum absolute atomic E-state index is 12.8. The molecule has 0 aliphatic carbocycles. The third-order valence-corrected chi connectivity index (χ3v) is 7.72. The molecule has 1 atom stereocenters. The molecule has 3 heterocycles. The minimum absolute atomic E-state index is 0.287. The number of hydrogen-bond donors (Lipinski definition) is 2. The molecule has 2 fully saturated rings. The van der Waals surface area contributed by atoms with Crippen molar-refractivity contribution in [3.05, 3.63) is 54.2 Å². The highest BCUT2D eigenvalue weighted by molar-refractivity contribution is 7.89. The Kier molecular flexibility index (Phi) is 6.44. The number of benzene rings is 1. The number of pyridine rings is 1. The van der Waals surface area contributed by atoms with Gasteiger partial charge in [0.15, 0.2) is 6.04 Å². The first kappa shape index (κ1) is 20.3. The van der Waals surface area contributed by atoms with Crippen LogP contribution in [-0.2, 0) is 14.8 Å². The molecule has 4 rings (SSSR count). The monoisotopic (exact) mass is 418 g/mol. The Hall–Kier alpha value is -2.00. The molecule has 0 bridgehead atoms. The molecule has 29 heavy (non-hydrogen) atoms. The molecule has 2 aromatic rings. The Labute approximate surface area is 172 Å². The lowest BCUT2D eigenvalue weighted by atomic mass is 10.1. The first-order chi connectivity index (χ1) is 14.1. The number of hydrogen-bond acceptors (Lipinski definition) is 4. The number of likely N-dealkylation sites (tertiary alicyclic amines) is 1. The maximum Gasteiger partial charge on any atom is 0.272 e. The summed E-state index contributed by atoms with van der Waals surface area (Å²) in [4.78, 5) is 5.02. The number of aromatic amines is 1. The first-order valence-electron chi connectivity index (χ1n) is 10.4. The summed E-state index contributed by atoms with van der Waals surface area (Å²) in [6.07, 6.45) is 4.13. The minimum atomic E-state index is -3.48. The van der Waals surface area contributed by atoms with E-state index in [4.69, 9.17) is 4.74 Å². The highest BCUT2D eigenvalue weighted by Gasteiger charge is 2.30. The van der Waals surface area contributed by atoms with Crippen LogP contribution in [0.25, 0.3) is 0 Å². The fraction of sp³-hybridized carbons (Fsp3) is 0.476. The van der Waals surface area contributed by atoms with E-state index in [1.54, 1.807) is 17.2 Å². The number of nitrogens with one attached hydrogen (secondary N) is 3. The average molecular weight is 419 g/mol. The van der Waals surface area contributed by atoms with Crippen molar-refractivity contribution >= 4 is 15.8 Å². The molecule has 3 N–H and O–H groups in total. The van der Waals surface area contributed by atoms with Crippen LogP contribution in [0.5, 0.6) is 0 Å². The molecular weight excluding hydrogens is 388 g/mol. The van der Waals surface area contributed by atoms with E-state index in [0.717, 1.165) is 12.4 Å². The van der Waals surface area contributed by atoms with Crippen molar-refractivity contribution in [1.29, 1.82) is 0 Å². The molecule has 1 aromatic heterocycles. The molecule has 0 unspecified atom stereocenters. The molecule has 1 aromatic carbocycles. The molecule has 156 valence electrons. The number of quaternary nitrogens is 1. The van der Waals surface area contributed by atoms with Crippen LogP contribution in [0.1, 0.15) is 24.4 Å². The summed E-state index contributed by atoms with van der Waals surface area (Å²) in [6.45, 7) is 4.89. The van der Waals surface area contributed by atoms with Gasteiger partial charge in [0.2, 0.25) is 10.0 Å². The number of morpholine rings is 1. The molecule has 0 saturated carbocycles. The van der Waals surface area contributed by atoms with Crippen molar-refractivity contribution < 1.29 is 23.0 Å². The predicted octanol–water partition coefficient (Wildman–Crippen LogP) is 0.354. The highest BCUT2D eigenvalue weighted by atomic mass is 32.2. The van der Waals surface area contributed by atoms with Gasteiger partial charge in [-0.15, -0.1) is 0 Å². The number of anilines is 1. The lowest BCUT2D eigenvalue weighted by molar-refractivity contribution is -0.918. The standard InChI is InChI=1S/C21H28N4O3S/c26-29(27,25-12-14-28-15-13-25)19-8-9-21(22-16-19)23-17-20(24-10-4-5-11-24)18-6-2-1-3-7-18/h1-3,6-9,16,20H,4-5,10-15,17H2,(H,22,23)/p+2/t20-/m1/s1. The number of H-pyrrole nitrogens is 1. The van der Waals surface area contributed by atoms with Gasteiger partial charge in [-0.3, -0.25) is 5.32 Å². The highest BCUT2D eigenvalue weighted by Crippen LogP contribution is 2.17. The zero-order valence-corrected chi connectivity index (χ0v) is 17.5. The maximum atomic E-state index is 12.8. The topological polar surface area (TPSA) is 77.2 Å². The van der Waals surface area contributed by atoms with Gasteiger partial charge in [-0.25, -0.2) is 13.4 Å². The van der Waals surface area contributed by atoms with Crippen LogP contribution in [0, 0.1) is 0 Å². The molecule has 2 saturated heterocycles. The molecular formula is C21H30N4O3S+2. The van der Waals surface area contributed by atoms with Crippen LogP contribution >= 0.6 is 0 Å². The van der Waals surface area contributed by atoms with E-state index in [-0.39, 0.29) is 4.90 Å². The van der Waals surface area contributed by atoms with Gasteiger partial charge in [-0.05, 0) is 6.07 Å². The minimum Gasteiger partial charge on any atom is -0.379 e. The van der Waals surface area contributed by atoms with Gasteiger partial charge in [0.25, 0.3) is 5.82 Å². The molecule has 8 heteroatoms. The summed E-state index contributed by atoms with van der Waals surface area (Å²) >= 11 is 0.